The van der Waals surface area contributed by atoms with Crippen molar-refractivity contribution in [1.29, 1.82) is 0 Å². The number of hydrogen-bond donors (Lipinski definition) is 0. The van der Waals surface area contributed by atoms with E-state index in [1.807, 2.05) is 6.07 Å². The molecule has 1 saturated heterocycles. The van der Waals surface area contributed by atoms with Crippen LogP contribution in [0.15, 0.2) is 18.2 Å². The minimum Gasteiger partial charge on any atom is -0.271 e. The van der Waals surface area contributed by atoms with Crippen molar-refractivity contribution < 1.29 is 14.0 Å². The minimum absolute atomic E-state index is 0.155. The molecule has 0 N–H and O–H groups in total. The standard InChI is InChI=1S/C14H14FNO2S/c1-9-12-10(15)5-4-6-11(12)19-13(9)14(17)16-7-2-3-8-18-16/h4-6H,2-3,7-8H2,1H3. The van der Waals surface area contributed by atoms with E-state index in [-0.39, 0.29) is 11.7 Å². The summed E-state index contributed by atoms with van der Waals surface area (Å²) in [7, 11) is 0. The lowest BCUT2D eigenvalue weighted by Gasteiger charge is -2.25. The molecule has 1 aromatic carbocycles. The number of hydroxylamine groups is 2. The first-order valence-corrected chi connectivity index (χ1v) is 7.12. The van der Waals surface area contributed by atoms with Crippen LogP contribution in [0.2, 0.25) is 0 Å². The summed E-state index contributed by atoms with van der Waals surface area (Å²) in [6.07, 6.45) is 1.92. The molecule has 1 aliphatic heterocycles. The first-order valence-electron chi connectivity index (χ1n) is 6.31. The smallest absolute Gasteiger partial charge is 0.271 e. The van der Waals surface area contributed by atoms with Crippen molar-refractivity contribution in [2.45, 2.75) is 19.8 Å². The first-order chi connectivity index (χ1) is 9.18. The van der Waals surface area contributed by atoms with E-state index in [4.69, 9.17) is 4.84 Å². The van der Waals surface area contributed by atoms with Crippen molar-refractivity contribution in [2.24, 2.45) is 0 Å². The molecule has 0 unspecified atom stereocenters. The molecule has 2 heterocycles. The Hall–Kier alpha value is -1.46. The van der Waals surface area contributed by atoms with Gasteiger partial charge < -0.3 is 0 Å². The highest BCUT2D eigenvalue weighted by molar-refractivity contribution is 7.21. The Kier molecular flexibility index (Phi) is 3.24. The summed E-state index contributed by atoms with van der Waals surface area (Å²) in [4.78, 5) is 18.3. The third kappa shape index (κ3) is 2.13. The van der Waals surface area contributed by atoms with Gasteiger partial charge in [-0.1, -0.05) is 6.07 Å². The first kappa shape index (κ1) is 12.6. The topological polar surface area (TPSA) is 29.5 Å². The second kappa shape index (κ2) is 4.90. The number of rotatable bonds is 1. The fourth-order valence-electron chi connectivity index (χ4n) is 2.33. The van der Waals surface area contributed by atoms with E-state index in [1.165, 1.54) is 22.5 Å². The molecule has 0 atom stereocenters. The third-order valence-electron chi connectivity index (χ3n) is 3.33. The molecule has 3 rings (SSSR count). The zero-order chi connectivity index (χ0) is 13.4. The Balaban J connectivity index is 2.03. The number of benzene rings is 1. The number of aryl methyl sites for hydroxylation is 1. The predicted molar refractivity (Wildman–Crippen MR) is 72.7 cm³/mol. The van der Waals surface area contributed by atoms with Crippen LogP contribution >= 0.6 is 11.3 Å². The van der Waals surface area contributed by atoms with Gasteiger partial charge in [0.05, 0.1) is 11.5 Å². The molecular weight excluding hydrogens is 265 g/mol. The second-order valence-electron chi connectivity index (χ2n) is 4.62. The lowest BCUT2D eigenvalue weighted by atomic mass is 10.1. The molecule has 1 aliphatic rings. The molecule has 0 spiro atoms. The Morgan fingerprint density at radius 3 is 2.95 bits per heavy atom. The maximum Gasteiger partial charge on any atom is 0.287 e. The molecule has 1 aromatic heterocycles. The van der Waals surface area contributed by atoms with E-state index < -0.39 is 0 Å². The lowest BCUT2D eigenvalue weighted by molar-refractivity contribution is -0.144. The molecule has 100 valence electrons. The SMILES string of the molecule is Cc1c(C(=O)N2CCCCO2)sc2cccc(F)c12. The lowest BCUT2D eigenvalue weighted by Crippen LogP contribution is -2.35. The maximum atomic E-state index is 13.8. The van der Waals surface area contributed by atoms with Crippen molar-refractivity contribution in [3.8, 4) is 0 Å². The summed E-state index contributed by atoms with van der Waals surface area (Å²) < 4.78 is 14.6. The van der Waals surface area contributed by atoms with Crippen LogP contribution in [-0.2, 0) is 4.84 Å². The van der Waals surface area contributed by atoms with Gasteiger partial charge in [-0.15, -0.1) is 11.3 Å². The number of thiophene rings is 1. The molecule has 1 amide bonds. The number of hydrogen-bond acceptors (Lipinski definition) is 3. The molecule has 3 nitrogen and oxygen atoms in total. The molecular formula is C14H14FNO2S. The normalized spacial score (nSPS) is 16.0. The monoisotopic (exact) mass is 279 g/mol. The molecule has 5 heteroatoms. The molecule has 1 fully saturated rings. The van der Waals surface area contributed by atoms with Gasteiger partial charge >= 0.3 is 0 Å². The van der Waals surface area contributed by atoms with Gasteiger partial charge in [0, 0.05) is 16.6 Å². The van der Waals surface area contributed by atoms with Crippen LogP contribution in [0.4, 0.5) is 4.39 Å². The number of carbonyl (C=O) groups is 1. The Labute approximate surface area is 114 Å². The highest BCUT2D eigenvalue weighted by Gasteiger charge is 2.24. The summed E-state index contributed by atoms with van der Waals surface area (Å²) in [5, 5.41) is 1.95. The van der Waals surface area contributed by atoms with E-state index in [0.29, 0.717) is 29.0 Å². The van der Waals surface area contributed by atoms with Gasteiger partial charge in [0.2, 0.25) is 0 Å². The average Bonchev–Trinajstić information content (AvgIpc) is 2.78. The van der Waals surface area contributed by atoms with Gasteiger partial charge in [-0.25, -0.2) is 9.45 Å². The second-order valence-corrected chi connectivity index (χ2v) is 5.67. The van der Waals surface area contributed by atoms with Gasteiger partial charge in [0.15, 0.2) is 0 Å². The summed E-state index contributed by atoms with van der Waals surface area (Å²) in [6, 6.07) is 4.93. The van der Waals surface area contributed by atoms with Crippen LogP contribution in [0.5, 0.6) is 0 Å². The van der Waals surface area contributed by atoms with Gasteiger partial charge in [-0.2, -0.15) is 0 Å². The quantitative estimate of drug-likeness (QED) is 0.799. The van der Waals surface area contributed by atoms with E-state index in [0.717, 1.165) is 17.5 Å². The highest BCUT2D eigenvalue weighted by Crippen LogP contribution is 2.33. The predicted octanol–water partition coefficient (Wildman–Crippen LogP) is 3.52. The number of halogens is 1. The number of nitrogens with zero attached hydrogens (tertiary/aromatic N) is 1. The fraction of sp³-hybridized carbons (Fsp3) is 0.357. The van der Waals surface area contributed by atoms with Crippen molar-refractivity contribution in [3.63, 3.8) is 0 Å². The summed E-state index contributed by atoms with van der Waals surface area (Å²) in [5.41, 5.74) is 0.706. The molecule has 0 aliphatic carbocycles. The van der Waals surface area contributed by atoms with Gasteiger partial charge in [0.1, 0.15) is 5.82 Å². The van der Waals surface area contributed by atoms with Crippen LogP contribution < -0.4 is 0 Å². The van der Waals surface area contributed by atoms with Crippen LogP contribution in [0.25, 0.3) is 10.1 Å². The Morgan fingerprint density at radius 1 is 1.42 bits per heavy atom. The van der Waals surface area contributed by atoms with Crippen LogP contribution in [-0.4, -0.2) is 24.1 Å². The zero-order valence-corrected chi connectivity index (χ0v) is 11.4. The molecule has 0 bridgehead atoms. The van der Waals surface area contributed by atoms with Crippen molar-refractivity contribution in [1.82, 2.24) is 5.06 Å². The molecule has 0 radical (unpaired) electrons. The van der Waals surface area contributed by atoms with Crippen LogP contribution in [0.1, 0.15) is 28.1 Å². The number of carbonyl (C=O) groups excluding carboxylic acids is 1. The summed E-state index contributed by atoms with van der Waals surface area (Å²) in [5.74, 6) is -0.428. The number of amides is 1. The Morgan fingerprint density at radius 2 is 2.26 bits per heavy atom. The van der Waals surface area contributed by atoms with Gasteiger partial charge in [-0.05, 0) is 37.5 Å². The average molecular weight is 279 g/mol. The third-order valence-corrected chi connectivity index (χ3v) is 4.57. The minimum atomic E-state index is -0.273. The van der Waals surface area contributed by atoms with Gasteiger partial charge in [0.25, 0.3) is 5.91 Å². The van der Waals surface area contributed by atoms with E-state index in [1.54, 1.807) is 13.0 Å². The van der Waals surface area contributed by atoms with E-state index >= 15 is 0 Å². The summed E-state index contributed by atoms with van der Waals surface area (Å²) >= 11 is 1.33. The highest BCUT2D eigenvalue weighted by atomic mass is 32.1. The van der Waals surface area contributed by atoms with E-state index in [2.05, 4.69) is 0 Å². The number of fused-ring (bicyclic) bond motifs is 1. The van der Waals surface area contributed by atoms with Gasteiger partial charge in [-0.3, -0.25) is 9.63 Å². The molecule has 0 saturated carbocycles. The van der Waals surface area contributed by atoms with Crippen LogP contribution in [0.3, 0.4) is 0 Å². The van der Waals surface area contributed by atoms with Crippen molar-refractivity contribution in [3.05, 3.63) is 34.5 Å². The summed E-state index contributed by atoms with van der Waals surface area (Å²) in [6.45, 7) is 2.97. The van der Waals surface area contributed by atoms with Crippen molar-refractivity contribution >= 4 is 27.3 Å². The fourth-order valence-corrected chi connectivity index (χ4v) is 3.49. The maximum absolute atomic E-state index is 13.8. The Bertz CT molecular complexity index is 632. The molecule has 19 heavy (non-hydrogen) atoms. The largest absolute Gasteiger partial charge is 0.287 e. The van der Waals surface area contributed by atoms with Crippen LogP contribution in [0, 0.1) is 12.7 Å². The van der Waals surface area contributed by atoms with E-state index in [9.17, 15) is 9.18 Å². The zero-order valence-electron chi connectivity index (χ0n) is 10.6. The van der Waals surface area contributed by atoms with Crippen molar-refractivity contribution in [2.75, 3.05) is 13.2 Å². The molecule has 2 aromatic rings.